The van der Waals surface area contributed by atoms with Gasteiger partial charge in [0.05, 0.1) is 0 Å². The van der Waals surface area contributed by atoms with Crippen molar-refractivity contribution >= 4 is 54.5 Å². The van der Waals surface area contributed by atoms with E-state index in [1.165, 1.54) is 0 Å². The minimum atomic E-state index is -0.194. The maximum absolute atomic E-state index is 9.64. The average Bonchev–Trinajstić information content (AvgIpc) is 1.00. The summed E-state index contributed by atoms with van der Waals surface area (Å²) in [6.07, 6.45) is 0. The maximum Gasteiger partial charge on any atom is 2.00 e. The van der Waals surface area contributed by atoms with Crippen molar-refractivity contribution < 1.29 is 11.1 Å². The normalized spacial score (nSPS) is 1.25. The fraction of sp³-hybridized carbons (Fsp3) is 0. The van der Waals surface area contributed by atoms with Crippen molar-refractivity contribution in [3.63, 3.8) is 0 Å². The summed E-state index contributed by atoms with van der Waals surface area (Å²) in [7, 11) is 0. The van der Waals surface area contributed by atoms with E-state index in [-0.39, 0.29) is 62.0 Å². The SMILES string of the molecule is F.[Ca+2].[F][AlH2].[H-].[H-]. The summed E-state index contributed by atoms with van der Waals surface area (Å²) in [5, 5.41) is 0. The van der Waals surface area contributed by atoms with E-state index in [0.717, 1.165) is 0 Å². The van der Waals surface area contributed by atoms with Gasteiger partial charge in [0.15, 0.2) is 0 Å². The Morgan fingerprint density at radius 3 is 1.50 bits per heavy atom. The third kappa shape index (κ3) is 9.41. The van der Waals surface area contributed by atoms with E-state index in [2.05, 4.69) is 0 Å². The van der Waals surface area contributed by atoms with Crippen LogP contribution in [-0.2, 0) is 0 Å². The van der Waals surface area contributed by atoms with Crippen LogP contribution in [0.4, 0.5) is 8.23 Å². The van der Waals surface area contributed by atoms with E-state index in [4.69, 9.17) is 0 Å². The first-order chi connectivity index (χ1) is 1.00. The van der Waals surface area contributed by atoms with E-state index in [1.54, 1.807) is 0 Å². The monoisotopic (exact) mass is 110 g/mol. The molecular weight excluding hydrogens is 105 g/mol. The van der Waals surface area contributed by atoms with Crippen molar-refractivity contribution in [2.75, 3.05) is 0 Å². The number of rotatable bonds is 0. The van der Waals surface area contributed by atoms with Crippen molar-refractivity contribution in [1.29, 1.82) is 0 Å². The molecule has 0 aromatic rings. The molecule has 0 unspecified atom stereocenters. The minimum Gasteiger partial charge on any atom is -1.00 e. The van der Waals surface area contributed by atoms with Gasteiger partial charge in [0.2, 0.25) is 0 Å². The van der Waals surface area contributed by atoms with Gasteiger partial charge in [-0.15, -0.1) is 0 Å². The molecule has 0 aliphatic rings. The predicted octanol–water partition coefficient (Wildman–Crippen LogP) is -0.499. The molecule has 0 rings (SSSR count). The topological polar surface area (TPSA) is 0 Å². The summed E-state index contributed by atoms with van der Waals surface area (Å²) in [6.45, 7) is 0. The van der Waals surface area contributed by atoms with Gasteiger partial charge in [-0.05, 0) is 0 Å². The molecular formula is H5AlCaF2. The molecule has 0 bridgehead atoms. The Balaban J connectivity index is -0.000000000833. The third-order valence-electron chi connectivity index (χ3n) is 0. The van der Waals surface area contributed by atoms with Crippen LogP contribution in [0.5, 0.6) is 0 Å². The van der Waals surface area contributed by atoms with Gasteiger partial charge in [-0.25, -0.2) is 0 Å². The third-order valence-corrected chi connectivity index (χ3v) is 0. The van der Waals surface area contributed by atoms with Gasteiger partial charge in [0.25, 0.3) is 0 Å². The zero-order valence-electron chi connectivity index (χ0n) is 4.49. The largest absolute Gasteiger partial charge is 2.00 e. The second kappa shape index (κ2) is 22.7. The van der Waals surface area contributed by atoms with Crippen LogP contribution in [0.2, 0.25) is 0 Å². The molecule has 0 saturated heterocycles. The molecule has 0 atom stereocenters. The van der Waals surface area contributed by atoms with Crippen molar-refractivity contribution in [1.82, 2.24) is 0 Å². The molecule has 0 saturated carbocycles. The van der Waals surface area contributed by atoms with Crippen LogP contribution in [0.1, 0.15) is 2.85 Å². The Morgan fingerprint density at radius 1 is 1.50 bits per heavy atom. The van der Waals surface area contributed by atoms with Crippen molar-refractivity contribution in [2.45, 2.75) is 0 Å². The van der Waals surface area contributed by atoms with Crippen LogP contribution in [0, 0.1) is 0 Å². The van der Waals surface area contributed by atoms with Gasteiger partial charge in [-0.2, -0.15) is 0 Å². The molecule has 4 heavy (non-hydrogen) atoms. The number of hydrogen-bond acceptors (Lipinski definition) is 0. The van der Waals surface area contributed by atoms with Gasteiger partial charge in [0, 0.05) is 0 Å². The van der Waals surface area contributed by atoms with Gasteiger partial charge >= 0.3 is 54.5 Å². The molecule has 4 heteroatoms. The van der Waals surface area contributed by atoms with Crippen LogP contribution in [0.25, 0.3) is 0 Å². The fourth-order valence-electron chi connectivity index (χ4n) is 0. The molecule has 0 aromatic heterocycles. The number of halogens is 2. The van der Waals surface area contributed by atoms with E-state index in [9.17, 15) is 3.52 Å². The first-order valence-electron chi connectivity index (χ1n) is 0.378. The summed E-state index contributed by atoms with van der Waals surface area (Å²) >= 11 is -0.194. The molecule has 0 nitrogen and oxygen atoms in total. The number of hydrogen-bond donors (Lipinski definition) is 0. The molecule has 0 radical (unpaired) electrons. The molecule has 0 heterocycles. The van der Waals surface area contributed by atoms with E-state index < -0.39 is 0 Å². The zero-order valence-corrected chi connectivity index (χ0v) is 6.70. The molecule has 0 amide bonds. The van der Waals surface area contributed by atoms with Gasteiger partial charge in [-0.1, -0.05) is 0 Å². The van der Waals surface area contributed by atoms with E-state index >= 15 is 0 Å². The summed E-state index contributed by atoms with van der Waals surface area (Å²) in [5.74, 6) is 0. The van der Waals surface area contributed by atoms with Crippen molar-refractivity contribution in [3.8, 4) is 0 Å². The molecule has 0 N–H and O–H groups in total. The average molecular weight is 110 g/mol. The standard InChI is InChI=1S/Al.Ca.2FH.4H/h;;2*1H;;;;/q+1;+2;;;;;2*-1/p-1. The van der Waals surface area contributed by atoms with Crippen molar-refractivity contribution in [2.24, 2.45) is 0 Å². The van der Waals surface area contributed by atoms with Crippen molar-refractivity contribution in [3.05, 3.63) is 0 Å². The second-order valence-electron chi connectivity index (χ2n) is 0. The van der Waals surface area contributed by atoms with E-state index in [1.807, 2.05) is 0 Å². The van der Waals surface area contributed by atoms with Gasteiger partial charge in [-0.3, -0.25) is 4.70 Å². The Labute approximate surface area is 65.0 Å². The van der Waals surface area contributed by atoms with Gasteiger partial charge < -0.3 is 6.38 Å². The quantitative estimate of drug-likeness (QED) is 0.369. The first kappa shape index (κ1) is 17.4. The molecule has 0 aromatic carbocycles. The first-order valence-corrected chi connectivity index (χ1v) is 1.13. The van der Waals surface area contributed by atoms with Crippen LogP contribution in [-0.4, -0.2) is 54.5 Å². The summed E-state index contributed by atoms with van der Waals surface area (Å²) in [5.41, 5.74) is 0. The van der Waals surface area contributed by atoms with Crippen LogP contribution in [0.15, 0.2) is 0 Å². The Hall–Kier alpha value is 1.65. The predicted molar refractivity (Wildman–Crippen MR) is 20.1 cm³/mol. The van der Waals surface area contributed by atoms with Gasteiger partial charge in [0.1, 0.15) is 0 Å². The molecule has 24 valence electrons. The maximum atomic E-state index is 9.64. The van der Waals surface area contributed by atoms with E-state index in [0.29, 0.717) is 0 Å². The zero-order chi connectivity index (χ0) is 2.00. The Kier molecular flexibility index (Phi) is 98.8. The fourth-order valence-corrected chi connectivity index (χ4v) is 0. The molecule has 0 fully saturated rings. The summed E-state index contributed by atoms with van der Waals surface area (Å²) < 4.78 is 9.64. The second-order valence-corrected chi connectivity index (χ2v) is 0. The van der Waals surface area contributed by atoms with Crippen LogP contribution >= 0.6 is 0 Å². The molecule has 0 spiro atoms. The minimum absolute atomic E-state index is 0. The van der Waals surface area contributed by atoms with Crippen LogP contribution < -0.4 is 0 Å². The molecule has 0 aliphatic carbocycles. The Morgan fingerprint density at radius 2 is 1.50 bits per heavy atom. The molecule has 0 aliphatic heterocycles. The summed E-state index contributed by atoms with van der Waals surface area (Å²) in [4.78, 5) is 0. The smallest absolute Gasteiger partial charge is 1.00 e. The summed E-state index contributed by atoms with van der Waals surface area (Å²) in [6, 6.07) is 0. The van der Waals surface area contributed by atoms with Crippen LogP contribution in [0.3, 0.4) is 0 Å². The Bertz CT molecular complexity index is 11.5.